The highest BCUT2D eigenvalue weighted by Crippen LogP contribution is 2.67. The first-order chi connectivity index (χ1) is 15.1. The molecule has 22 heteroatoms. The van der Waals surface area contributed by atoms with Crippen molar-refractivity contribution >= 4 is 29.3 Å². The van der Waals surface area contributed by atoms with Gasteiger partial charge >= 0.3 is 29.2 Å². The number of halogens is 2. The van der Waals surface area contributed by atoms with Crippen molar-refractivity contribution in [1.82, 2.24) is 9.55 Å². The first-order valence-electron chi connectivity index (χ1n) is 8.65. The SMILES string of the molecule is CC(C)(OP(=O)(O)OP(=O)(O)OP(=O)(O)O)[C@H]1O[C@@H](n2cc(F)c(N)nc2=O)C(O)(CF)[C@H]1O. The first kappa shape index (κ1) is 29.1. The Balaban J connectivity index is 2.38. The molecule has 0 aromatic carbocycles. The van der Waals surface area contributed by atoms with Crippen LogP contribution < -0.4 is 11.4 Å². The van der Waals surface area contributed by atoms with E-state index >= 15 is 0 Å². The smallest absolute Gasteiger partial charge is 0.387 e. The number of hydrogen-bond acceptors (Lipinski definition) is 12. The average Bonchev–Trinajstić information content (AvgIpc) is 2.87. The van der Waals surface area contributed by atoms with Crippen LogP contribution in [-0.4, -0.2) is 69.4 Å². The molecule has 3 unspecified atom stereocenters. The topological polar surface area (TPSA) is 270 Å². The molecule has 1 aromatic rings. The second-order valence-electron chi connectivity index (χ2n) is 7.43. The zero-order valence-electron chi connectivity index (χ0n) is 17.0. The number of rotatable bonds is 9. The molecule has 0 saturated carbocycles. The highest BCUT2D eigenvalue weighted by molar-refractivity contribution is 7.66. The zero-order valence-corrected chi connectivity index (χ0v) is 19.7. The van der Waals surface area contributed by atoms with Gasteiger partial charge in [0.2, 0.25) is 0 Å². The zero-order chi connectivity index (χ0) is 26.5. The predicted octanol–water partition coefficient (Wildman–Crippen LogP) is -0.955. The molecule has 1 aromatic heterocycles. The van der Waals surface area contributed by atoms with E-state index in [-0.39, 0.29) is 4.57 Å². The molecule has 0 aliphatic carbocycles. The molecule has 2 heterocycles. The molecule has 34 heavy (non-hydrogen) atoms. The fraction of sp³-hybridized carbons (Fsp3) is 0.667. The van der Waals surface area contributed by atoms with E-state index in [0.29, 0.717) is 6.20 Å². The number of nitrogens with two attached hydrogens (primary N) is 1. The number of aliphatic hydroxyl groups excluding tert-OH is 1. The molecule has 2 rings (SSSR count). The van der Waals surface area contributed by atoms with Crippen LogP contribution in [-0.2, 0) is 31.6 Å². The van der Waals surface area contributed by atoms with Crippen LogP contribution in [0.4, 0.5) is 14.6 Å². The van der Waals surface area contributed by atoms with Gasteiger partial charge in [0.25, 0.3) is 0 Å². The number of nitrogens with zero attached hydrogens (tertiary/aromatic N) is 2. The Morgan fingerprint density at radius 1 is 1.24 bits per heavy atom. The summed E-state index contributed by atoms with van der Waals surface area (Å²) < 4.78 is 79.2. The molecule has 6 atom stereocenters. The van der Waals surface area contributed by atoms with Crippen LogP contribution in [0.15, 0.2) is 11.0 Å². The number of alkyl halides is 1. The van der Waals surface area contributed by atoms with Crippen LogP contribution in [0.2, 0.25) is 0 Å². The molecule has 0 radical (unpaired) electrons. The second kappa shape index (κ2) is 9.37. The standard InChI is InChI=1S/C12H20F2N3O14P3/c1-11(2,29-33(24,25)31-34(26,27)30-32(21,22)23)7-6(18)12(20,4-13)9(28-7)17-3-5(14)8(15)16-10(17)19/h3,6-7,9,18,20H,4H2,1-2H3,(H,24,25)(H,26,27)(H2,15,16,19)(H2,21,22,23)/t6-,7-,9+,12?/m0/s1. The molecule has 1 fully saturated rings. The summed E-state index contributed by atoms with van der Waals surface area (Å²) in [7, 11) is -17.3. The number of anilines is 1. The predicted molar refractivity (Wildman–Crippen MR) is 103 cm³/mol. The van der Waals surface area contributed by atoms with Crippen molar-refractivity contribution < 1.29 is 70.1 Å². The van der Waals surface area contributed by atoms with Gasteiger partial charge in [-0.15, -0.1) is 0 Å². The van der Waals surface area contributed by atoms with Gasteiger partial charge in [0.1, 0.15) is 24.5 Å². The maximum Gasteiger partial charge on any atom is 0.490 e. The van der Waals surface area contributed by atoms with E-state index < -0.39 is 77.1 Å². The fourth-order valence-corrected chi connectivity index (χ4v) is 6.34. The number of phosphoric acid groups is 3. The van der Waals surface area contributed by atoms with Gasteiger partial charge in [0, 0.05) is 0 Å². The minimum atomic E-state index is -5.90. The van der Waals surface area contributed by atoms with Gasteiger partial charge in [0.05, 0.1) is 6.20 Å². The van der Waals surface area contributed by atoms with Crippen molar-refractivity contribution in [3.8, 4) is 0 Å². The second-order valence-corrected chi connectivity index (χ2v) is 11.8. The molecule has 0 bridgehead atoms. The number of hydrogen-bond donors (Lipinski definition) is 7. The Morgan fingerprint density at radius 3 is 2.29 bits per heavy atom. The third kappa shape index (κ3) is 6.33. The molecule has 0 amide bonds. The summed E-state index contributed by atoms with van der Waals surface area (Å²) in [5.41, 5.74) is -1.51. The Kier molecular flexibility index (Phi) is 8.01. The summed E-state index contributed by atoms with van der Waals surface area (Å²) in [6.07, 6.45) is -6.16. The van der Waals surface area contributed by atoms with Crippen molar-refractivity contribution in [3.05, 3.63) is 22.5 Å². The Labute approximate surface area is 188 Å². The number of nitrogen functional groups attached to an aromatic ring is 1. The lowest BCUT2D eigenvalue weighted by Crippen LogP contribution is -2.53. The van der Waals surface area contributed by atoms with E-state index in [0.717, 1.165) is 13.8 Å². The summed E-state index contributed by atoms with van der Waals surface area (Å²) in [4.78, 5) is 51.3. The number of ether oxygens (including phenoxy) is 1. The lowest BCUT2D eigenvalue weighted by atomic mass is 9.88. The van der Waals surface area contributed by atoms with E-state index in [9.17, 15) is 47.3 Å². The maximum absolute atomic E-state index is 13.8. The van der Waals surface area contributed by atoms with Gasteiger partial charge in [0.15, 0.2) is 23.5 Å². The first-order valence-corrected chi connectivity index (χ1v) is 13.2. The maximum atomic E-state index is 13.8. The van der Waals surface area contributed by atoms with Crippen LogP contribution in [0.25, 0.3) is 0 Å². The van der Waals surface area contributed by atoms with Crippen LogP contribution in [0.1, 0.15) is 20.1 Å². The third-order valence-corrected chi connectivity index (χ3v) is 8.38. The quantitative estimate of drug-likeness (QED) is 0.179. The molecule has 196 valence electrons. The van der Waals surface area contributed by atoms with Gasteiger partial charge in [-0.1, -0.05) is 0 Å². The van der Waals surface area contributed by atoms with Crippen LogP contribution in [0.5, 0.6) is 0 Å². The van der Waals surface area contributed by atoms with Crippen molar-refractivity contribution in [2.75, 3.05) is 12.4 Å². The van der Waals surface area contributed by atoms with Gasteiger partial charge in [-0.25, -0.2) is 27.3 Å². The lowest BCUT2D eigenvalue weighted by Gasteiger charge is -2.34. The summed E-state index contributed by atoms with van der Waals surface area (Å²) in [5.74, 6) is -2.12. The molecule has 1 aliphatic heterocycles. The normalized spacial score (nSPS) is 29.5. The molecule has 8 N–H and O–H groups in total. The van der Waals surface area contributed by atoms with Gasteiger partial charge in [-0.05, 0) is 13.8 Å². The Hall–Kier alpha value is -1.17. The van der Waals surface area contributed by atoms with Gasteiger partial charge in [-0.3, -0.25) is 9.09 Å². The fourth-order valence-electron chi connectivity index (χ4n) is 3.01. The highest BCUT2D eigenvalue weighted by Gasteiger charge is 2.62. The minimum absolute atomic E-state index is 0.245. The van der Waals surface area contributed by atoms with E-state index in [1.54, 1.807) is 0 Å². The molecule has 1 saturated heterocycles. The Morgan fingerprint density at radius 2 is 1.79 bits per heavy atom. The Bertz CT molecular complexity index is 1140. The van der Waals surface area contributed by atoms with E-state index in [1.165, 1.54) is 0 Å². The summed E-state index contributed by atoms with van der Waals surface area (Å²) in [6.45, 7) is -0.0468. The molecular weight excluding hydrogens is 541 g/mol. The van der Waals surface area contributed by atoms with Crippen molar-refractivity contribution in [2.24, 2.45) is 0 Å². The van der Waals surface area contributed by atoms with Gasteiger partial charge < -0.3 is 40.3 Å². The third-order valence-electron chi connectivity index (χ3n) is 4.35. The van der Waals surface area contributed by atoms with Crippen molar-refractivity contribution in [2.45, 2.75) is 43.5 Å². The number of aromatic nitrogens is 2. The average molecular weight is 561 g/mol. The molecule has 0 spiro atoms. The number of aliphatic hydroxyl groups is 2. The van der Waals surface area contributed by atoms with E-state index in [1.807, 2.05) is 0 Å². The minimum Gasteiger partial charge on any atom is -0.387 e. The van der Waals surface area contributed by atoms with E-state index in [2.05, 4.69) is 18.1 Å². The van der Waals surface area contributed by atoms with Crippen LogP contribution in [0, 0.1) is 5.82 Å². The molecule has 1 aliphatic rings. The van der Waals surface area contributed by atoms with Crippen LogP contribution in [0.3, 0.4) is 0 Å². The van der Waals surface area contributed by atoms with Crippen molar-refractivity contribution in [1.29, 1.82) is 0 Å². The summed E-state index contributed by atoms with van der Waals surface area (Å²) in [6, 6.07) is 0. The largest absolute Gasteiger partial charge is 0.490 e. The summed E-state index contributed by atoms with van der Waals surface area (Å²) >= 11 is 0. The molecular formula is C12H20F2N3O14P3. The monoisotopic (exact) mass is 561 g/mol. The lowest BCUT2D eigenvalue weighted by molar-refractivity contribution is -0.129. The van der Waals surface area contributed by atoms with Crippen LogP contribution >= 0.6 is 23.5 Å². The molecule has 17 nitrogen and oxygen atoms in total. The van der Waals surface area contributed by atoms with Crippen molar-refractivity contribution in [3.63, 3.8) is 0 Å². The van der Waals surface area contributed by atoms with E-state index in [4.69, 9.17) is 20.3 Å². The highest BCUT2D eigenvalue weighted by atomic mass is 31.3. The van der Waals surface area contributed by atoms with Gasteiger partial charge in [-0.2, -0.15) is 13.6 Å². The number of phosphoric ester groups is 1. The summed E-state index contributed by atoms with van der Waals surface area (Å²) in [5, 5.41) is 21.1.